The lowest BCUT2D eigenvalue weighted by atomic mass is 10.1. The minimum absolute atomic E-state index is 0.0177. The second kappa shape index (κ2) is 12.2. The first-order valence-corrected chi connectivity index (χ1v) is 11.1. The summed E-state index contributed by atoms with van der Waals surface area (Å²) in [6.07, 6.45) is 6.90. The van der Waals surface area contributed by atoms with E-state index in [1.54, 1.807) is 25.3 Å². The molecule has 2 N–H and O–H groups in total. The minimum atomic E-state index is 0.0177. The number of amides is 1. The maximum atomic E-state index is 12.2. The Bertz CT molecular complexity index is 827. The first-order valence-electron chi connectivity index (χ1n) is 11.1. The van der Waals surface area contributed by atoms with Crippen molar-refractivity contribution in [2.45, 2.75) is 38.2 Å². The lowest BCUT2D eigenvalue weighted by molar-refractivity contribution is 0.0224. The lowest BCUT2D eigenvalue weighted by Crippen LogP contribution is -2.40. The molecule has 1 aromatic carbocycles. The predicted molar refractivity (Wildman–Crippen MR) is 122 cm³/mol. The van der Waals surface area contributed by atoms with Gasteiger partial charge in [0.05, 0.1) is 18.9 Å². The molecular weight excluding hydrogens is 392 g/mol. The molecule has 0 radical (unpaired) electrons. The zero-order valence-corrected chi connectivity index (χ0v) is 18.6. The summed E-state index contributed by atoms with van der Waals surface area (Å²) in [5.41, 5.74) is 1.83. The summed E-state index contributed by atoms with van der Waals surface area (Å²) in [7, 11) is 3.54. The number of benzene rings is 1. The number of nitrogens with one attached hydrogen (secondary N) is 2. The molecule has 0 saturated carbocycles. The molecule has 31 heavy (non-hydrogen) atoms. The highest BCUT2D eigenvalue weighted by Crippen LogP contribution is 2.12. The van der Waals surface area contributed by atoms with Gasteiger partial charge < -0.3 is 24.7 Å². The van der Waals surface area contributed by atoms with Gasteiger partial charge >= 0.3 is 0 Å². The highest BCUT2D eigenvalue weighted by atomic mass is 16.5. The molecule has 0 spiro atoms. The smallest absolute Gasteiger partial charge is 0.253 e. The standard InChI is InChI=1S/C24H34N4O3/c1-28(2)23(29)20-8-5-7-19(17-20)11-13-25-24(26-14-12-21-10-6-16-30-21)27-18-22-9-3-4-15-31-22/h5-8,10,16-17,22H,3-4,9,11-15,18H2,1-2H3,(H2,25,26,27). The third kappa shape index (κ3) is 7.75. The van der Waals surface area contributed by atoms with Gasteiger partial charge in [0.2, 0.25) is 0 Å². The van der Waals surface area contributed by atoms with Crippen molar-refractivity contribution in [1.82, 2.24) is 15.5 Å². The van der Waals surface area contributed by atoms with E-state index in [0.29, 0.717) is 12.1 Å². The van der Waals surface area contributed by atoms with Gasteiger partial charge in [-0.2, -0.15) is 0 Å². The third-order valence-corrected chi connectivity index (χ3v) is 5.26. The Balaban J connectivity index is 1.53. The SMILES string of the molecule is CN(C)C(=O)c1cccc(CCNC(=NCC2CCCCO2)NCCc2ccco2)c1. The van der Waals surface area contributed by atoms with Crippen LogP contribution in [0.3, 0.4) is 0 Å². The van der Waals surface area contributed by atoms with Crippen LogP contribution in [0.5, 0.6) is 0 Å². The zero-order valence-electron chi connectivity index (χ0n) is 18.6. The molecule has 2 aromatic rings. The van der Waals surface area contributed by atoms with E-state index in [1.165, 1.54) is 6.42 Å². The highest BCUT2D eigenvalue weighted by molar-refractivity contribution is 5.94. The van der Waals surface area contributed by atoms with E-state index in [4.69, 9.17) is 14.1 Å². The van der Waals surface area contributed by atoms with E-state index in [1.807, 2.05) is 36.4 Å². The topological polar surface area (TPSA) is 79.1 Å². The van der Waals surface area contributed by atoms with Gasteiger partial charge in [-0.3, -0.25) is 9.79 Å². The van der Waals surface area contributed by atoms with Crippen molar-refractivity contribution in [2.24, 2.45) is 4.99 Å². The summed E-state index contributed by atoms with van der Waals surface area (Å²) in [6.45, 7) is 2.94. The van der Waals surface area contributed by atoms with Crippen LogP contribution in [0.25, 0.3) is 0 Å². The molecular formula is C24H34N4O3. The Morgan fingerprint density at radius 3 is 2.68 bits per heavy atom. The summed E-state index contributed by atoms with van der Waals surface area (Å²) in [5.74, 6) is 1.75. The fourth-order valence-corrected chi connectivity index (χ4v) is 3.52. The Kier molecular flexibility index (Phi) is 8.97. The molecule has 1 saturated heterocycles. The first-order chi connectivity index (χ1) is 15.1. The molecule has 1 amide bonds. The Labute approximate surface area is 184 Å². The molecule has 1 aliphatic heterocycles. The Morgan fingerprint density at radius 1 is 1.13 bits per heavy atom. The first kappa shape index (κ1) is 22.9. The number of furan rings is 1. The normalized spacial score (nSPS) is 16.7. The highest BCUT2D eigenvalue weighted by Gasteiger charge is 2.13. The van der Waals surface area contributed by atoms with Gasteiger partial charge in [-0.25, -0.2) is 0 Å². The number of carbonyl (C=O) groups excluding carboxylic acids is 1. The van der Waals surface area contributed by atoms with Gasteiger partial charge in [-0.05, 0) is 55.5 Å². The van der Waals surface area contributed by atoms with Gasteiger partial charge in [0.15, 0.2) is 5.96 Å². The Hall–Kier alpha value is -2.80. The summed E-state index contributed by atoms with van der Waals surface area (Å²) < 4.78 is 11.2. The summed E-state index contributed by atoms with van der Waals surface area (Å²) in [4.78, 5) is 18.5. The van der Waals surface area contributed by atoms with Crippen molar-refractivity contribution in [1.29, 1.82) is 0 Å². The quantitative estimate of drug-likeness (QED) is 0.476. The fraction of sp³-hybridized carbons (Fsp3) is 0.500. The van der Waals surface area contributed by atoms with Crippen LogP contribution < -0.4 is 10.6 Å². The van der Waals surface area contributed by atoms with Crippen molar-refractivity contribution in [3.05, 3.63) is 59.5 Å². The van der Waals surface area contributed by atoms with E-state index in [9.17, 15) is 4.79 Å². The average Bonchev–Trinajstić information content (AvgIpc) is 3.31. The molecule has 168 valence electrons. The number of hydrogen-bond donors (Lipinski definition) is 2. The van der Waals surface area contributed by atoms with E-state index in [0.717, 1.165) is 62.7 Å². The van der Waals surface area contributed by atoms with Crippen molar-refractivity contribution in [2.75, 3.05) is 40.3 Å². The van der Waals surface area contributed by atoms with Crippen molar-refractivity contribution in [3.8, 4) is 0 Å². The van der Waals surface area contributed by atoms with Crippen LogP contribution >= 0.6 is 0 Å². The van der Waals surface area contributed by atoms with Gasteiger partial charge in [0, 0.05) is 45.8 Å². The number of hydrogen-bond acceptors (Lipinski definition) is 4. The molecule has 7 heteroatoms. The number of rotatable bonds is 9. The molecule has 0 bridgehead atoms. The number of nitrogens with zero attached hydrogens (tertiary/aromatic N) is 2. The van der Waals surface area contributed by atoms with E-state index >= 15 is 0 Å². The molecule has 1 unspecified atom stereocenters. The molecule has 2 heterocycles. The fourth-order valence-electron chi connectivity index (χ4n) is 3.52. The minimum Gasteiger partial charge on any atom is -0.469 e. The molecule has 7 nitrogen and oxygen atoms in total. The predicted octanol–water partition coefficient (Wildman–Crippen LogP) is 2.87. The van der Waals surface area contributed by atoms with Crippen LogP contribution in [0.4, 0.5) is 0 Å². The average molecular weight is 427 g/mol. The number of guanidine groups is 1. The molecule has 1 aromatic heterocycles. The van der Waals surface area contributed by atoms with Crippen LogP contribution in [0.2, 0.25) is 0 Å². The number of carbonyl (C=O) groups is 1. The van der Waals surface area contributed by atoms with Gasteiger partial charge in [0.25, 0.3) is 5.91 Å². The Morgan fingerprint density at radius 2 is 1.97 bits per heavy atom. The van der Waals surface area contributed by atoms with Gasteiger partial charge in [-0.1, -0.05) is 12.1 Å². The van der Waals surface area contributed by atoms with Gasteiger partial charge in [0.1, 0.15) is 5.76 Å². The second-order valence-electron chi connectivity index (χ2n) is 8.01. The third-order valence-electron chi connectivity index (χ3n) is 5.26. The van der Waals surface area contributed by atoms with Crippen molar-refractivity contribution >= 4 is 11.9 Å². The van der Waals surface area contributed by atoms with Crippen molar-refractivity contribution in [3.63, 3.8) is 0 Å². The maximum Gasteiger partial charge on any atom is 0.253 e. The summed E-state index contributed by atoms with van der Waals surface area (Å²) in [6, 6.07) is 11.7. The van der Waals surface area contributed by atoms with Crippen LogP contribution in [0, 0.1) is 0 Å². The second-order valence-corrected chi connectivity index (χ2v) is 8.01. The van der Waals surface area contributed by atoms with Crippen LogP contribution in [0.15, 0.2) is 52.1 Å². The number of aliphatic imine (C=N–C) groups is 1. The van der Waals surface area contributed by atoms with E-state index in [-0.39, 0.29) is 12.0 Å². The van der Waals surface area contributed by atoms with Crippen LogP contribution in [-0.4, -0.2) is 63.2 Å². The monoisotopic (exact) mass is 426 g/mol. The molecule has 3 rings (SSSR count). The molecule has 1 fully saturated rings. The molecule has 1 atom stereocenters. The van der Waals surface area contributed by atoms with Crippen molar-refractivity contribution < 1.29 is 13.9 Å². The maximum absolute atomic E-state index is 12.2. The van der Waals surface area contributed by atoms with Crippen LogP contribution in [-0.2, 0) is 17.6 Å². The van der Waals surface area contributed by atoms with Crippen LogP contribution in [0.1, 0.15) is 40.9 Å². The zero-order chi connectivity index (χ0) is 21.9. The molecule has 0 aliphatic carbocycles. The van der Waals surface area contributed by atoms with E-state index in [2.05, 4.69) is 10.6 Å². The molecule has 1 aliphatic rings. The number of ether oxygens (including phenoxy) is 1. The van der Waals surface area contributed by atoms with Gasteiger partial charge in [-0.15, -0.1) is 0 Å². The summed E-state index contributed by atoms with van der Waals surface area (Å²) >= 11 is 0. The lowest BCUT2D eigenvalue weighted by Gasteiger charge is -2.21. The summed E-state index contributed by atoms with van der Waals surface area (Å²) in [5, 5.41) is 6.81. The largest absolute Gasteiger partial charge is 0.469 e. The van der Waals surface area contributed by atoms with E-state index < -0.39 is 0 Å².